The summed E-state index contributed by atoms with van der Waals surface area (Å²) in [6, 6.07) is 11.1. The van der Waals surface area contributed by atoms with Crippen LogP contribution in [0.3, 0.4) is 0 Å². The van der Waals surface area contributed by atoms with Gasteiger partial charge in [-0.05, 0) is 50.7 Å². The maximum Gasteiger partial charge on any atom is 0.236 e. The van der Waals surface area contributed by atoms with Crippen LogP contribution in [0.2, 0.25) is 5.02 Å². The number of likely N-dealkylation sites (N-methyl/N-ethyl adjacent to an activating group) is 2. The Bertz CT molecular complexity index is 687. The van der Waals surface area contributed by atoms with Crippen molar-refractivity contribution in [2.75, 3.05) is 33.8 Å². The molecule has 1 amide bonds. The molecule has 0 atom stereocenters. The lowest BCUT2D eigenvalue weighted by atomic mass is 10.3. The number of hydrogen-bond acceptors (Lipinski definition) is 4. The number of aryl methyl sites for hydroxylation is 1. The van der Waals surface area contributed by atoms with Gasteiger partial charge in [0.15, 0.2) is 0 Å². The van der Waals surface area contributed by atoms with Gasteiger partial charge in [-0.2, -0.15) is 0 Å². The van der Waals surface area contributed by atoms with E-state index in [1.165, 1.54) is 0 Å². The monoisotopic (exact) mass is 364 g/mol. The highest BCUT2D eigenvalue weighted by Crippen LogP contribution is 2.17. The summed E-state index contributed by atoms with van der Waals surface area (Å²) in [5, 5.41) is 0.662. The van der Waals surface area contributed by atoms with E-state index in [0.29, 0.717) is 24.7 Å². The zero-order valence-corrected chi connectivity index (χ0v) is 15.8. The number of halogens is 1. The molecule has 2 rings (SSSR count). The summed E-state index contributed by atoms with van der Waals surface area (Å²) in [6.45, 7) is 4.11. The van der Waals surface area contributed by atoms with Crippen LogP contribution in [0.4, 0.5) is 0 Å². The van der Waals surface area contributed by atoms with Crippen molar-refractivity contribution in [2.24, 2.45) is 0 Å². The van der Waals surface area contributed by atoms with E-state index >= 15 is 0 Å². The van der Waals surface area contributed by atoms with Gasteiger partial charge in [0.05, 0.1) is 19.7 Å². The third-order valence-corrected chi connectivity index (χ3v) is 4.00. The van der Waals surface area contributed by atoms with Crippen molar-refractivity contribution in [3.8, 4) is 5.75 Å². The fraction of sp³-hybridized carbons (Fsp3) is 0.421. The Balaban J connectivity index is 1.65. The summed E-state index contributed by atoms with van der Waals surface area (Å²) < 4.78 is 11.2. The van der Waals surface area contributed by atoms with Crippen molar-refractivity contribution in [1.29, 1.82) is 0 Å². The van der Waals surface area contributed by atoms with Crippen LogP contribution in [-0.2, 0) is 11.3 Å². The number of furan rings is 1. The fourth-order valence-electron chi connectivity index (χ4n) is 2.40. The Morgan fingerprint density at radius 1 is 1.24 bits per heavy atom. The molecule has 25 heavy (non-hydrogen) atoms. The quantitative estimate of drug-likeness (QED) is 0.638. The zero-order valence-electron chi connectivity index (χ0n) is 15.0. The summed E-state index contributed by atoms with van der Waals surface area (Å²) in [6.07, 6.45) is 0.831. The summed E-state index contributed by atoms with van der Waals surface area (Å²) >= 11 is 5.92. The zero-order chi connectivity index (χ0) is 18.2. The van der Waals surface area contributed by atoms with Crippen LogP contribution in [0.1, 0.15) is 17.9 Å². The lowest BCUT2D eigenvalue weighted by Gasteiger charge is -2.21. The maximum absolute atomic E-state index is 12.3. The normalized spacial score (nSPS) is 10.9. The van der Waals surface area contributed by atoms with Gasteiger partial charge in [-0.15, -0.1) is 0 Å². The van der Waals surface area contributed by atoms with Gasteiger partial charge in [-0.25, -0.2) is 0 Å². The van der Waals surface area contributed by atoms with Crippen LogP contribution in [0, 0.1) is 6.92 Å². The number of carbonyl (C=O) groups excluding carboxylic acids is 1. The predicted octanol–water partition coefficient (Wildman–Crippen LogP) is 3.60. The van der Waals surface area contributed by atoms with E-state index in [-0.39, 0.29) is 5.91 Å². The van der Waals surface area contributed by atoms with Crippen molar-refractivity contribution < 1.29 is 13.9 Å². The largest absolute Gasteiger partial charge is 0.493 e. The molecule has 0 aliphatic rings. The third kappa shape index (κ3) is 6.80. The molecule has 136 valence electrons. The number of ether oxygens (including phenoxy) is 1. The van der Waals surface area contributed by atoms with E-state index in [4.69, 9.17) is 20.8 Å². The minimum Gasteiger partial charge on any atom is -0.493 e. The molecule has 1 aromatic carbocycles. The van der Waals surface area contributed by atoms with E-state index in [9.17, 15) is 4.79 Å². The maximum atomic E-state index is 12.3. The van der Waals surface area contributed by atoms with Gasteiger partial charge in [-0.1, -0.05) is 17.7 Å². The second kappa shape index (κ2) is 9.49. The van der Waals surface area contributed by atoms with Crippen LogP contribution >= 0.6 is 11.6 Å². The van der Waals surface area contributed by atoms with Crippen LogP contribution in [-0.4, -0.2) is 49.5 Å². The Morgan fingerprint density at radius 3 is 2.72 bits per heavy atom. The van der Waals surface area contributed by atoms with E-state index in [1.807, 2.05) is 49.2 Å². The molecule has 0 bridgehead atoms. The van der Waals surface area contributed by atoms with Crippen molar-refractivity contribution in [2.45, 2.75) is 19.9 Å². The number of carbonyl (C=O) groups is 1. The fourth-order valence-corrected chi connectivity index (χ4v) is 2.58. The minimum atomic E-state index is 0.0623. The smallest absolute Gasteiger partial charge is 0.236 e. The van der Waals surface area contributed by atoms with Gasteiger partial charge < -0.3 is 14.1 Å². The van der Waals surface area contributed by atoms with Crippen LogP contribution in [0.25, 0.3) is 0 Å². The lowest BCUT2D eigenvalue weighted by Crippen LogP contribution is -2.36. The first-order valence-electron chi connectivity index (χ1n) is 8.30. The molecule has 0 saturated carbocycles. The highest BCUT2D eigenvalue weighted by Gasteiger charge is 2.13. The lowest BCUT2D eigenvalue weighted by molar-refractivity contribution is -0.131. The predicted molar refractivity (Wildman–Crippen MR) is 99.0 cm³/mol. The first kappa shape index (κ1) is 19.3. The minimum absolute atomic E-state index is 0.0623. The van der Waals surface area contributed by atoms with Gasteiger partial charge in [-0.3, -0.25) is 9.69 Å². The summed E-state index contributed by atoms with van der Waals surface area (Å²) in [4.78, 5) is 15.9. The van der Waals surface area contributed by atoms with Gasteiger partial charge in [0.2, 0.25) is 5.91 Å². The van der Waals surface area contributed by atoms with E-state index in [0.717, 1.165) is 30.2 Å². The molecule has 0 fully saturated rings. The Hall–Kier alpha value is -1.98. The highest BCUT2D eigenvalue weighted by atomic mass is 35.5. The number of amides is 1. The van der Waals surface area contributed by atoms with Gasteiger partial charge in [0.25, 0.3) is 0 Å². The van der Waals surface area contributed by atoms with Gasteiger partial charge >= 0.3 is 0 Å². The van der Waals surface area contributed by atoms with E-state index in [1.54, 1.807) is 18.0 Å². The molecule has 1 aromatic heterocycles. The molecule has 2 aromatic rings. The number of benzene rings is 1. The van der Waals surface area contributed by atoms with Crippen LogP contribution in [0.15, 0.2) is 40.8 Å². The molecule has 0 saturated heterocycles. The molecule has 0 aliphatic carbocycles. The molecular weight excluding hydrogens is 340 g/mol. The number of rotatable bonds is 9. The summed E-state index contributed by atoms with van der Waals surface area (Å²) in [5.41, 5.74) is 0. The molecule has 0 N–H and O–H groups in total. The van der Waals surface area contributed by atoms with E-state index in [2.05, 4.69) is 0 Å². The van der Waals surface area contributed by atoms with Crippen molar-refractivity contribution in [1.82, 2.24) is 9.80 Å². The first-order valence-corrected chi connectivity index (χ1v) is 8.68. The number of nitrogens with zero attached hydrogens (tertiary/aromatic N) is 2. The third-order valence-electron chi connectivity index (χ3n) is 3.77. The van der Waals surface area contributed by atoms with Gasteiger partial charge in [0, 0.05) is 18.6 Å². The SMILES string of the molecule is Cc1ccc(CN(C)C(=O)CN(C)CCCOc2cccc(Cl)c2)o1. The Morgan fingerprint density at radius 2 is 2.04 bits per heavy atom. The van der Waals surface area contributed by atoms with Crippen molar-refractivity contribution >= 4 is 17.5 Å². The van der Waals surface area contributed by atoms with Crippen molar-refractivity contribution in [3.63, 3.8) is 0 Å². The Labute approximate surface area is 154 Å². The summed E-state index contributed by atoms with van der Waals surface area (Å²) in [7, 11) is 3.72. The topological polar surface area (TPSA) is 45.9 Å². The second-order valence-electron chi connectivity index (χ2n) is 6.16. The number of hydrogen-bond donors (Lipinski definition) is 0. The second-order valence-corrected chi connectivity index (χ2v) is 6.60. The molecular formula is C19H25ClN2O3. The van der Waals surface area contributed by atoms with Crippen LogP contribution < -0.4 is 4.74 Å². The average molecular weight is 365 g/mol. The molecule has 1 heterocycles. The van der Waals surface area contributed by atoms with Crippen LogP contribution in [0.5, 0.6) is 5.75 Å². The highest BCUT2D eigenvalue weighted by molar-refractivity contribution is 6.30. The Kier molecular flexibility index (Phi) is 7.34. The first-order chi connectivity index (χ1) is 11.9. The molecule has 0 spiro atoms. The average Bonchev–Trinajstić information content (AvgIpc) is 2.96. The summed E-state index contributed by atoms with van der Waals surface area (Å²) in [5.74, 6) is 2.48. The molecule has 5 nitrogen and oxygen atoms in total. The van der Waals surface area contributed by atoms with Gasteiger partial charge in [0.1, 0.15) is 17.3 Å². The molecule has 6 heteroatoms. The molecule has 0 radical (unpaired) electrons. The standard InChI is InChI=1S/C19H25ClN2O3/c1-15-8-9-18(25-15)13-22(3)19(23)14-21(2)10-5-11-24-17-7-4-6-16(20)12-17/h4,6-9,12H,5,10-11,13-14H2,1-3H3. The van der Waals surface area contributed by atoms with E-state index < -0.39 is 0 Å². The van der Waals surface area contributed by atoms with Crippen molar-refractivity contribution in [3.05, 3.63) is 52.9 Å². The molecule has 0 aliphatic heterocycles. The molecule has 0 unspecified atom stereocenters.